The molecule has 0 spiro atoms. The van der Waals surface area contributed by atoms with Crippen molar-refractivity contribution in [2.24, 2.45) is 7.05 Å². The molecule has 0 amide bonds. The van der Waals surface area contributed by atoms with Gasteiger partial charge < -0.3 is 14.2 Å². The van der Waals surface area contributed by atoms with Crippen LogP contribution in [0, 0.1) is 0 Å². The minimum absolute atomic E-state index is 0.903. The van der Waals surface area contributed by atoms with Gasteiger partial charge in [-0.3, -0.25) is 0 Å². The van der Waals surface area contributed by atoms with Crippen LogP contribution in [0.25, 0.3) is 21.8 Å². The van der Waals surface area contributed by atoms with E-state index in [1.807, 2.05) is 18.2 Å². The van der Waals surface area contributed by atoms with Crippen molar-refractivity contribution in [3.63, 3.8) is 0 Å². The molecule has 0 saturated heterocycles. The molecule has 0 N–H and O–H groups in total. The lowest BCUT2D eigenvalue weighted by atomic mass is 10.1. The maximum atomic E-state index is 6.15. The molecule has 3 nitrogen and oxygen atoms in total. The predicted molar refractivity (Wildman–Crippen MR) is 95.0 cm³/mol. The largest absolute Gasteiger partial charge is 0.453 e. The van der Waals surface area contributed by atoms with Crippen LogP contribution in [0.1, 0.15) is 0 Å². The van der Waals surface area contributed by atoms with Crippen molar-refractivity contribution < 1.29 is 4.74 Å². The van der Waals surface area contributed by atoms with Crippen molar-refractivity contribution >= 4 is 33.2 Å². The van der Waals surface area contributed by atoms with Crippen LogP contribution in [-0.2, 0) is 7.05 Å². The first-order chi connectivity index (χ1) is 11.2. The van der Waals surface area contributed by atoms with Crippen molar-refractivity contribution in [2.45, 2.75) is 0 Å². The van der Waals surface area contributed by atoms with Gasteiger partial charge in [0.15, 0.2) is 11.5 Å². The molecule has 1 aliphatic heterocycles. The van der Waals surface area contributed by atoms with Crippen LogP contribution in [-0.4, -0.2) is 11.6 Å². The van der Waals surface area contributed by atoms with E-state index < -0.39 is 0 Å². The maximum absolute atomic E-state index is 6.15. The molecule has 112 valence electrons. The van der Waals surface area contributed by atoms with Gasteiger partial charge in [0.2, 0.25) is 0 Å². The van der Waals surface area contributed by atoms with Crippen LogP contribution in [0.5, 0.6) is 11.5 Å². The van der Waals surface area contributed by atoms with Crippen molar-refractivity contribution in [3.05, 3.63) is 60.7 Å². The SMILES string of the molecule is CN1c2ccccc2Oc2cc3c(cc21)c1ccccc1n3C. The molecule has 0 bridgehead atoms. The highest BCUT2D eigenvalue weighted by atomic mass is 16.5. The third-order valence-electron chi connectivity index (χ3n) is 4.80. The van der Waals surface area contributed by atoms with Gasteiger partial charge in [0, 0.05) is 36.5 Å². The second kappa shape index (κ2) is 4.29. The summed E-state index contributed by atoms with van der Waals surface area (Å²) in [6.45, 7) is 0. The Morgan fingerprint density at radius 3 is 2.39 bits per heavy atom. The number of hydrogen-bond donors (Lipinski definition) is 0. The lowest BCUT2D eigenvalue weighted by Crippen LogP contribution is -2.15. The number of aromatic nitrogens is 1. The Hall–Kier alpha value is -2.94. The smallest absolute Gasteiger partial charge is 0.153 e. The number of ether oxygens (including phenoxy) is 1. The molecule has 1 aromatic heterocycles. The Bertz CT molecular complexity index is 1080. The van der Waals surface area contributed by atoms with E-state index in [1.165, 1.54) is 21.8 Å². The van der Waals surface area contributed by atoms with E-state index in [4.69, 9.17) is 4.74 Å². The number of fused-ring (bicyclic) bond motifs is 5. The molecule has 2 heterocycles. The van der Waals surface area contributed by atoms with E-state index in [-0.39, 0.29) is 0 Å². The molecule has 3 heteroatoms. The molecule has 23 heavy (non-hydrogen) atoms. The van der Waals surface area contributed by atoms with Crippen LogP contribution in [0.15, 0.2) is 60.7 Å². The summed E-state index contributed by atoms with van der Waals surface area (Å²) in [5.74, 6) is 1.81. The minimum Gasteiger partial charge on any atom is -0.453 e. The van der Waals surface area contributed by atoms with Gasteiger partial charge >= 0.3 is 0 Å². The zero-order chi connectivity index (χ0) is 15.6. The number of nitrogens with zero attached hydrogens (tertiary/aromatic N) is 2. The fourth-order valence-corrected chi connectivity index (χ4v) is 3.59. The van der Waals surface area contributed by atoms with Gasteiger partial charge in [-0.25, -0.2) is 0 Å². The molecule has 0 fully saturated rings. The van der Waals surface area contributed by atoms with Crippen LogP contribution in [0.4, 0.5) is 11.4 Å². The number of aryl methyl sites for hydroxylation is 1. The van der Waals surface area contributed by atoms with E-state index in [2.05, 4.69) is 66.0 Å². The fraction of sp³-hybridized carbons (Fsp3) is 0.100. The Morgan fingerprint density at radius 2 is 1.48 bits per heavy atom. The number of para-hydroxylation sites is 3. The summed E-state index contributed by atoms with van der Waals surface area (Å²) in [4.78, 5) is 2.20. The van der Waals surface area contributed by atoms with Gasteiger partial charge in [-0.05, 0) is 24.3 Å². The number of rotatable bonds is 0. The first kappa shape index (κ1) is 12.6. The second-order valence-corrected chi connectivity index (χ2v) is 6.04. The summed E-state index contributed by atoms with van der Waals surface area (Å²) in [6.07, 6.45) is 0. The van der Waals surface area contributed by atoms with E-state index in [0.717, 1.165) is 22.9 Å². The molecular weight excluding hydrogens is 284 g/mol. The van der Waals surface area contributed by atoms with Gasteiger partial charge in [-0.1, -0.05) is 30.3 Å². The topological polar surface area (TPSA) is 17.4 Å². The van der Waals surface area contributed by atoms with Gasteiger partial charge in [-0.2, -0.15) is 0 Å². The summed E-state index contributed by atoms with van der Waals surface area (Å²) in [5.41, 5.74) is 4.63. The van der Waals surface area contributed by atoms with Gasteiger partial charge in [0.1, 0.15) is 0 Å². The van der Waals surface area contributed by atoms with Crippen LogP contribution < -0.4 is 9.64 Å². The number of anilines is 2. The highest BCUT2D eigenvalue weighted by Gasteiger charge is 2.23. The monoisotopic (exact) mass is 300 g/mol. The van der Waals surface area contributed by atoms with E-state index in [1.54, 1.807) is 0 Å². The Labute approximate surface area is 134 Å². The lowest BCUT2D eigenvalue weighted by Gasteiger charge is -2.29. The summed E-state index contributed by atoms with van der Waals surface area (Å²) in [6, 6.07) is 21.1. The van der Waals surface area contributed by atoms with Crippen molar-refractivity contribution in [2.75, 3.05) is 11.9 Å². The molecule has 0 atom stereocenters. The molecule has 4 aromatic rings. The molecule has 0 unspecified atom stereocenters. The molecule has 5 rings (SSSR count). The Balaban J connectivity index is 1.85. The van der Waals surface area contributed by atoms with Crippen LogP contribution in [0.2, 0.25) is 0 Å². The minimum atomic E-state index is 0.903. The van der Waals surface area contributed by atoms with Crippen LogP contribution in [0.3, 0.4) is 0 Å². The van der Waals surface area contributed by atoms with E-state index >= 15 is 0 Å². The van der Waals surface area contributed by atoms with E-state index in [0.29, 0.717) is 0 Å². The molecule has 0 radical (unpaired) electrons. The normalized spacial score (nSPS) is 13.0. The van der Waals surface area contributed by atoms with Crippen LogP contribution >= 0.6 is 0 Å². The van der Waals surface area contributed by atoms with Gasteiger partial charge in [0.05, 0.1) is 16.9 Å². The third kappa shape index (κ3) is 1.59. The fourth-order valence-electron chi connectivity index (χ4n) is 3.59. The van der Waals surface area contributed by atoms with Crippen molar-refractivity contribution in [1.82, 2.24) is 4.57 Å². The average molecular weight is 300 g/mol. The maximum Gasteiger partial charge on any atom is 0.153 e. The third-order valence-corrected chi connectivity index (χ3v) is 4.80. The first-order valence-corrected chi connectivity index (χ1v) is 7.76. The molecule has 1 aliphatic rings. The van der Waals surface area contributed by atoms with E-state index in [9.17, 15) is 0 Å². The molecule has 0 saturated carbocycles. The summed E-state index contributed by atoms with van der Waals surface area (Å²) < 4.78 is 8.38. The number of hydrogen-bond acceptors (Lipinski definition) is 2. The Kier molecular flexibility index (Phi) is 2.35. The zero-order valence-electron chi connectivity index (χ0n) is 13.1. The van der Waals surface area contributed by atoms with Gasteiger partial charge in [0.25, 0.3) is 0 Å². The summed E-state index contributed by atoms with van der Waals surface area (Å²) in [7, 11) is 4.20. The first-order valence-electron chi connectivity index (χ1n) is 7.76. The van der Waals surface area contributed by atoms with Crippen molar-refractivity contribution in [3.8, 4) is 11.5 Å². The van der Waals surface area contributed by atoms with Crippen molar-refractivity contribution in [1.29, 1.82) is 0 Å². The predicted octanol–water partition coefficient (Wildman–Crippen LogP) is 5.21. The second-order valence-electron chi connectivity index (χ2n) is 6.04. The quantitative estimate of drug-likeness (QED) is 0.444. The molecule has 3 aromatic carbocycles. The lowest BCUT2D eigenvalue weighted by molar-refractivity contribution is 0.476. The zero-order valence-corrected chi connectivity index (χ0v) is 13.1. The van der Waals surface area contributed by atoms with Gasteiger partial charge in [-0.15, -0.1) is 0 Å². The standard InChI is InChI=1S/C20H16N2O/c1-21-15-8-4-3-7-13(15)14-11-18-20(12-17(14)21)23-19-10-6-5-9-16(19)22(18)2/h3-12H,1-2H3. The Morgan fingerprint density at radius 1 is 0.696 bits per heavy atom. The summed E-state index contributed by atoms with van der Waals surface area (Å²) >= 11 is 0. The molecule has 0 aliphatic carbocycles. The average Bonchev–Trinajstić information content (AvgIpc) is 2.87. The summed E-state index contributed by atoms with van der Waals surface area (Å²) in [5, 5.41) is 2.54. The highest BCUT2D eigenvalue weighted by Crippen LogP contribution is 2.48. The molecular formula is C20H16N2O. The highest BCUT2D eigenvalue weighted by molar-refractivity contribution is 6.10. The number of benzene rings is 3.